The fourth-order valence-electron chi connectivity index (χ4n) is 8.08. The number of ether oxygens (including phenoxy) is 3. The van der Waals surface area contributed by atoms with Gasteiger partial charge in [0.1, 0.15) is 13.2 Å². The lowest BCUT2D eigenvalue weighted by Crippen LogP contribution is -2.30. The van der Waals surface area contributed by atoms with Crippen LogP contribution >= 0.6 is 0 Å². The van der Waals surface area contributed by atoms with Crippen molar-refractivity contribution in [2.24, 2.45) is 0 Å². The number of hydrogen-bond donors (Lipinski definition) is 0. The van der Waals surface area contributed by atoms with Crippen LogP contribution in [0.25, 0.3) is 0 Å². The van der Waals surface area contributed by atoms with Crippen molar-refractivity contribution in [2.75, 3.05) is 13.2 Å². The van der Waals surface area contributed by atoms with E-state index < -0.39 is 6.10 Å². The van der Waals surface area contributed by atoms with Gasteiger partial charge in [0.2, 0.25) is 0 Å². The lowest BCUT2D eigenvalue weighted by Gasteiger charge is -2.18. The summed E-state index contributed by atoms with van der Waals surface area (Å²) < 4.78 is 16.8. The smallest absolute Gasteiger partial charge is 0.306 e. The Morgan fingerprint density at radius 1 is 0.323 bits per heavy atom. The van der Waals surface area contributed by atoms with Crippen LogP contribution < -0.4 is 0 Å². The molecule has 62 heavy (non-hydrogen) atoms. The summed E-state index contributed by atoms with van der Waals surface area (Å²) in [5.74, 6) is -0.870. The third-order valence-electron chi connectivity index (χ3n) is 12.2. The van der Waals surface area contributed by atoms with Gasteiger partial charge in [-0.05, 0) is 44.9 Å². The normalized spacial score (nSPS) is 12.1. The van der Waals surface area contributed by atoms with Gasteiger partial charge in [-0.3, -0.25) is 14.4 Å². The fourth-order valence-corrected chi connectivity index (χ4v) is 8.08. The average Bonchev–Trinajstić information content (AvgIpc) is 3.27. The molecule has 0 N–H and O–H groups in total. The molecule has 6 nitrogen and oxygen atoms in total. The van der Waals surface area contributed by atoms with E-state index in [2.05, 4.69) is 45.1 Å². The molecule has 0 aromatic rings. The Balaban J connectivity index is 4.33. The number of carbonyl (C=O) groups is 3. The minimum absolute atomic E-state index is 0.0713. The maximum atomic E-state index is 12.8. The summed E-state index contributed by atoms with van der Waals surface area (Å²) in [6, 6.07) is 0. The summed E-state index contributed by atoms with van der Waals surface area (Å²) in [5, 5.41) is 0. The highest BCUT2D eigenvalue weighted by atomic mass is 16.6. The molecule has 1 atom stereocenters. The van der Waals surface area contributed by atoms with Gasteiger partial charge in [0.05, 0.1) is 0 Å². The highest BCUT2D eigenvalue weighted by molar-refractivity contribution is 5.71. The first kappa shape index (κ1) is 59.9. The molecule has 0 saturated heterocycles. The van der Waals surface area contributed by atoms with E-state index >= 15 is 0 Å². The van der Waals surface area contributed by atoms with E-state index in [9.17, 15) is 14.4 Å². The zero-order chi connectivity index (χ0) is 45.1. The van der Waals surface area contributed by atoms with Crippen molar-refractivity contribution >= 4 is 17.9 Å². The molecule has 6 heteroatoms. The first-order chi connectivity index (χ1) is 30.5. The SMILES string of the molecule is CCCCCCCCC/C=C\C=C/CCCCCCCC(=O)OCC(COC(=O)CCCCCCCCCCCCC)OC(=O)CCCCCCCCCCCCCCCCC. The number of esters is 3. The monoisotopic (exact) mass is 873 g/mol. The molecule has 0 spiro atoms. The summed E-state index contributed by atoms with van der Waals surface area (Å²) in [6.07, 6.45) is 58.7. The number of unbranched alkanes of at least 4 members (excludes halogenated alkanes) is 36. The third kappa shape index (κ3) is 48.9. The predicted molar refractivity (Wildman–Crippen MR) is 266 cm³/mol. The molecular formula is C56H104O6. The van der Waals surface area contributed by atoms with Gasteiger partial charge in [-0.15, -0.1) is 0 Å². The van der Waals surface area contributed by atoms with Crippen molar-refractivity contribution in [3.8, 4) is 0 Å². The molecule has 0 radical (unpaired) electrons. The molecule has 0 saturated carbocycles. The highest BCUT2D eigenvalue weighted by Crippen LogP contribution is 2.16. The molecule has 0 heterocycles. The number of allylic oxidation sites excluding steroid dienone is 4. The zero-order valence-electron chi connectivity index (χ0n) is 41.7. The van der Waals surface area contributed by atoms with Crippen LogP contribution in [-0.4, -0.2) is 37.2 Å². The summed E-state index contributed by atoms with van der Waals surface area (Å²) in [6.45, 7) is 6.65. The van der Waals surface area contributed by atoms with Crippen LogP contribution in [-0.2, 0) is 28.6 Å². The van der Waals surface area contributed by atoms with Gasteiger partial charge in [-0.2, -0.15) is 0 Å². The summed E-state index contributed by atoms with van der Waals surface area (Å²) in [7, 11) is 0. The lowest BCUT2D eigenvalue weighted by molar-refractivity contribution is -0.167. The highest BCUT2D eigenvalue weighted by Gasteiger charge is 2.19. The summed E-state index contributed by atoms with van der Waals surface area (Å²) in [5.41, 5.74) is 0. The molecule has 0 aromatic heterocycles. The number of hydrogen-bond acceptors (Lipinski definition) is 6. The van der Waals surface area contributed by atoms with Crippen LogP contribution in [0.2, 0.25) is 0 Å². The Bertz CT molecular complexity index is 1000. The van der Waals surface area contributed by atoms with Gasteiger partial charge in [0.15, 0.2) is 6.10 Å². The van der Waals surface area contributed by atoms with E-state index in [4.69, 9.17) is 14.2 Å². The minimum atomic E-state index is -0.771. The van der Waals surface area contributed by atoms with Gasteiger partial charge >= 0.3 is 17.9 Å². The van der Waals surface area contributed by atoms with E-state index in [1.54, 1.807) is 0 Å². The number of carbonyl (C=O) groups excluding carboxylic acids is 3. The van der Waals surface area contributed by atoms with Crippen molar-refractivity contribution in [3.63, 3.8) is 0 Å². The molecule has 0 bridgehead atoms. The molecule has 0 amide bonds. The largest absolute Gasteiger partial charge is 0.462 e. The minimum Gasteiger partial charge on any atom is -0.462 e. The molecule has 364 valence electrons. The predicted octanol–water partition coefficient (Wildman–Crippen LogP) is 17.9. The summed E-state index contributed by atoms with van der Waals surface area (Å²) in [4.78, 5) is 38.0. The van der Waals surface area contributed by atoms with Crippen molar-refractivity contribution in [3.05, 3.63) is 24.3 Å². The van der Waals surface area contributed by atoms with Crippen LogP contribution in [0.5, 0.6) is 0 Å². The summed E-state index contributed by atoms with van der Waals surface area (Å²) >= 11 is 0. The first-order valence-corrected chi connectivity index (χ1v) is 27.4. The van der Waals surface area contributed by atoms with Crippen molar-refractivity contribution in [1.82, 2.24) is 0 Å². The van der Waals surface area contributed by atoms with Gasteiger partial charge in [-0.1, -0.05) is 257 Å². The first-order valence-electron chi connectivity index (χ1n) is 27.4. The van der Waals surface area contributed by atoms with Gasteiger partial charge in [-0.25, -0.2) is 0 Å². The van der Waals surface area contributed by atoms with E-state index in [-0.39, 0.29) is 31.1 Å². The Morgan fingerprint density at radius 2 is 0.565 bits per heavy atom. The van der Waals surface area contributed by atoms with Crippen LogP contribution in [0.1, 0.15) is 297 Å². The average molecular weight is 873 g/mol. The van der Waals surface area contributed by atoms with Crippen LogP contribution in [0.3, 0.4) is 0 Å². The van der Waals surface area contributed by atoms with E-state index in [1.807, 2.05) is 0 Å². The molecule has 1 unspecified atom stereocenters. The lowest BCUT2D eigenvalue weighted by atomic mass is 10.0. The maximum absolute atomic E-state index is 12.8. The molecule has 0 aromatic carbocycles. The van der Waals surface area contributed by atoms with Crippen molar-refractivity contribution in [2.45, 2.75) is 303 Å². The quantitative estimate of drug-likeness (QED) is 0.0262. The molecule has 0 fully saturated rings. The molecule has 0 aliphatic heterocycles. The topological polar surface area (TPSA) is 78.9 Å². The van der Waals surface area contributed by atoms with Crippen molar-refractivity contribution in [1.29, 1.82) is 0 Å². The van der Waals surface area contributed by atoms with Crippen LogP contribution in [0, 0.1) is 0 Å². The fraction of sp³-hybridized carbons (Fsp3) is 0.875. The Labute approximate surface area is 385 Å². The van der Waals surface area contributed by atoms with E-state index in [0.717, 1.165) is 77.0 Å². The van der Waals surface area contributed by atoms with E-state index in [1.165, 1.54) is 180 Å². The third-order valence-corrected chi connectivity index (χ3v) is 12.2. The molecule has 0 rings (SSSR count). The van der Waals surface area contributed by atoms with Gasteiger partial charge < -0.3 is 14.2 Å². The van der Waals surface area contributed by atoms with E-state index in [0.29, 0.717) is 19.3 Å². The molecule has 0 aliphatic rings. The Kier molecular flexibility index (Phi) is 49.8. The van der Waals surface area contributed by atoms with Crippen LogP contribution in [0.4, 0.5) is 0 Å². The standard InChI is InChI=1S/C56H104O6/c1-4-7-10-13-16-19-22-24-26-27-28-30-31-34-37-40-43-46-49-55(58)61-52-53(51-60-54(57)48-45-42-39-36-33-21-18-15-12-9-6-3)62-56(59)50-47-44-41-38-35-32-29-25-23-20-17-14-11-8-5-2/h26-28,30,53H,4-25,29,31-52H2,1-3H3/b27-26-,30-28-. The second kappa shape index (κ2) is 51.5. The van der Waals surface area contributed by atoms with Crippen molar-refractivity contribution < 1.29 is 28.6 Å². The van der Waals surface area contributed by atoms with Crippen LogP contribution in [0.15, 0.2) is 24.3 Å². The molecule has 0 aliphatic carbocycles. The zero-order valence-corrected chi connectivity index (χ0v) is 41.7. The number of rotatable bonds is 50. The second-order valence-electron chi connectivity index (χ2n) is 18.5. The Hall–Kier alpha value is -2.11. The Morgan fingerprint density at radius 3 is 0.855 bits per heavy atom. The second-order valence-corrected chi connectivity index (χ2v) is 18.5. The molecular weight excluding hydrogens is 769 g/mol. The van der Waals surface area contributed by atoms with Gasteiger partial charge in [0.25, 0.3) is 0 Å². The van der Waals surface area contributed by atoms with Gasteiger partial charge in [0, 0.05) is 19.3 Å². The maximum Gasteiger partial charge on any atom is 0.306 e.